The molecule has 1 unspecified atom stereocenters. The van der Waals surface area contributed by atoms with Crippen LogP contribution in [0.3, 0.4) is 0 Å². The number of carbonyl (C=O) groups excluding carboxylic acids is 2. The molecule has 1 heterocycles. The van der Waals surface area contributed by atoms with Gasteiger partial charge in [0.25, 0.3) is 5.69 Å². The monoisotopic (exact) mass is 448 g/mol. The number of carbonyl (C=O) groups is 2. The first-order valence-electron chi connectivity index (χ1n) is 11.2. The van der Waals surface area contributed by atoms with Crippen LogP contribution in [-0.2, 0) is 16.0 Å². The number of hydrogen-bond donors (Lipinski definition) is 0. The minimum Gasteiger partial charge on any atom is -0.496 e. The van der Waals surface area contributed by atoms with E-state index < -0.39 is 4.92 Å². The molecule has 1 atom stereocenters. The summed E-state index contributed by atoms with van der Waals surface area (Å²) in [5.41, 5.74) is 2.86. The molecule has 0 saturated heterocycles. The van der Waals surface area contributed by atoms with Gasteiger partial charge in [0.1, 0.15) is 11.4 Å². The highest BCUT2D eigenvalue weighted by molar-refractivity contribution is 6.08. The number of anilines is 1. The van der Waals surface area contributed by atoms with Crippen molar-refractivity contribution in [3.05, 3.63) is 75.0 Å². The zero-order valence-corrected chi connectivity index (χ0v) is 19.4. The molecule has 0 saturated carbocycles. The molecule has 2 aromatic rings. The molecule has 0 bridgehead atoms. The number of nitrogens with zero attached hydrogens (tertiary/aromatic N) is 2. The van der Waals surface area contributed by atoms with E-state index in [0.717, 1.165) is 12.0 Å². The summed E-state index contributed by atoms with van der Waals surface area (Å²) in [4.78, 5) is 39.7. The van der Waals surface area contributed by atoms with Gasteiger partial charge in [0.15, 0.2) is 5.78 Å². The Bertz CT molecular complexity index is 1160. The summed E-state index contributed by atoms with van der Waals surface area (Å²) >= 11 is 0. The number of ketones is 1. The fourth-order valence-electron chi connectivity index (χ4n) is 4.93. The van der Waals surface area contributed by atoms with Crippen LogP contribution in [0.15, 0.2) is 53.7 Å². The lowest BCUT2D eigenvalue weighted by Gasteiger charge is -2.42. The Labute approximate surface area is 193 Å². The van der Waals surface area contributed by atoms with Crippen molar-refractivity contribution in [3.8, 4) is 5.75 Å². The second kappa shape index (κ2) is 8.46. The van der Waals surface area contributed by atoms with E-state index in [1.165, 1.54) is 29.7 Å². The molecule has 0 radical (unpaired) electrons. The highest BCUT2D eigenvalue weighted by atomic mass is 16.6. The second-order valence-electron chi connectivity index (χ2n) is 9.49. The van der Waals surface area contributed by atoms with Crippen LogP contribution in [0, 0.1) is 15.5 Å². The molecule has 33 heavy (non-hydrogen) atoms. The maximum atomic E-state index is 13.5. The van der Waals surface area contributed by atoms with Crippen LogP contribution >= 0.6 is 0 Å². The molecular formula is C26H28N2O5. The van der Waals surface area contributed by atoms with Gasteiger partial charge in [0, 0.05) is 30.0 Å². The minimum absolute atomic E-state index is 0.000479. The molecule has 0 fully saturated rings. The van der Waals surface area contributed by atoms with E-state index in [1.807, 2.05) is 38.1 Å². The number of aryl methyl sites for hydroxylation is 1. The number of Topliss-reactive ketones (excluding diaryl/α,β-unsaturated/α-hetero) is 1. The van der Waals surface area contributed by atoms with Crippen molar-refractivity contribution >= 4 is 23.1 Å². The highest BCUT2D eigenvalue weighted by Crippen LogP contribution is 2.49. The largest absolute Gasteiger partial charge is 0.496 e. The normalized spacial score (nSPS) is 20.0. The lowest BCUT2D eigenvalue weighted by atomic mass is 9.69. The summed E-state index contributed by atoms with van der Waals surface area (Å²) in [6.45, 7) is 6.05. The third-order valence-electron chi connectivity index (χ3n) is 6.55. The van der Waals surface area contributed by atoms with E-state index in [0.29, 0.717) is 29.9 Å². The van der Waals surface area contributed by atoms with E-state index in [1.54, 1.807) is 6.07 Å². The molecule has 0 N–H and O–H groups in total. The first-order chi connectivity index (χ1) is 15.6. The molecule has 4 rings (SSSR count). The third-order valence-corrected chi connectivity index (χ3v) is 6.55. The number of rotatable bonds is 5. The van der Waals surface area contributed by atoms with Crippen LogP contribution in [0.25, 0.3) is 0 Å². The first-order valence-corrected chi connectivity index (χ1v) is 11.2. The summed E-state index contributed by atoms with van der Waals surface area (Å²) in [5, 5.41) is 11.9. The first kappa shape index (κ1) is 22.7. The van der Waals surface area contributed by atoms with Gasteiger partial charge in [-0.3, -0.25) is 24.6 Å². The van der Waals surface area contributed by atoms with E-state index in [2.05, 4.69) is 6.92 Å². The van der Waals surface area contributed by atoms with Crippen LogP contribution < -0.4 is 9.64 Å². The molecule has 172 valence electrons. The molecule has 1 aliphatic carbocycles. The van der Waals surface area contributed by atoms with Gasteiger partial charge < -0.3 is 4.74 Å². The zero-order chi connectivity index (χ0) is 23.9. The summed E-state index contributed by atoms with van der Waals surface area (Å²) < 4.78 is 5.15. The summed E-state index contributed by atoms with van der Waals surface area (Å²) in [6, 6.07) is 12.5. The van der Waals surface area contributed by atoms with Gasteiger partial charge in [-0.2, -0.15) is 0 Å². The molecule has 7 heteroatoms. The Morgan fingerprint density at radius 1 is 1.12 bits per heavy atom. The predicted octanol–water partition coefficient (Wildman–Crippen LogP) is 5.33. The average molecular weight is 449 g/mol. The van der Waals surface area contributed by atoms with Gasteiger partial charge in [-0.05, 0) is 41.5 Å². The van der Waals surface area contributed by atoms with Crippen LogP contribution in [0.5, 0.6) is 5.75 Å². The molecule has 0 spiro atoms. The number of amides is 1. The van der Waals surface area contributed by atoms with Gasteiger partial charge in [-0.15, -0.1) is 0 Å². The number of hydrogen-bond acceptors (Lipinski definition) is 5. The summed E-state index contributed by atoms with van der Waals surface area (Å²) in [6.07, 6.45) is 1.84. The zero-order valence-electron chi connectivity index (χ0n) is 19.4. The van der Waals surface area contributed by atoms with Gasteiger partial charge in [0.05, 0.1) is 18.1 Å². The Hall–Kier alpha value is -3.48. The molecular weight excluding hydrogens is 420 g/mol. The Morgan fingerprint density at radius 3 is 2.42 bits per heavy atom. The number of benzene rings is 2. The number of ether oxygens (including phenoxy) is 1. The fourth-order valence-corrected chi connectivity index (χ4v) is 4.93. The molecule has 0 aromatic heterocycles. The van der Waals surface area contributed by atoms with Gasteiger partial charge in [-0.25, -0.2) is 0 Å². The van der Waals surface area contributed by atoms with E-state index >= 15 is 0 Å². The maximum absolute atomic E-state index is 13.5. The topological polar surface area (TPSA) is 89.8 Å². The van der Waals surface area contributed by atoms with Crippen molar-refractivity contribution in [1.29, 1.82) is 0 Å². The van der Waals surface area contributed by atoms with Crippen molar-refractivity contribution < 1.29 is 19.2 Å². The summed E-state index contributed by atoms with van der Waals surface area (Å²) in [7, 11) is 1.43. The maximum Gasteiger partial charge on any atom is 0.297 e. The highest BCUT2D eigenvalue weighted by Gasteiger charge is 2.45. The van der Waals surface area contributed by atoms with Gasteiger partial charge >= 0.3 is 0 Å². The van der Waals surface area contributed by atoms with Crippen LogP contribution in [0.2, 0.25) is 0 Å². The molecule has 2 aromatic carbocycles. The van der Waals surface area contributed by atoms with Gasteiger partial charge in [0.2, 0.25) is 5.91 Å². The fraction of sp³-hybridized carbons (Fsp3) is 0.385. The number of nitro groups is 1. The molecule has 2 aliphatic rings. The van der Waals surface area contributed by atoms with Crippen molar-refractivity contribution in [3.63, 3.8) is 0 Å². The van der Waals surface area contributed by atoms with Crippen molar-refractivity contribution in [2.75, 3.05) is 12.0 Å². The smallest absolute Gasteiger partial charge is 0.297 e. The lowest BCUT2D eigenvalue weighted by molar-refractivity contribution is -0.384. The van der Waals surface area contributed by atoms with E-state index in [-0.39, 0.29) is 40.8 Å². The third kappa shape index (κ3) is 4.15. The SMILES string of the molecule is CCc1ccc(C2CC(=O)N(c3ccc(OC)cc3[N+](=O)[O-])C3=C2C(=O)CC(C)(C)C3)cc1. The number of nitro benzene ring substituents is 1. The molecule has 1 amide bonds. The van der Waals surface area contributed by atoms with E-state index in [9.17, 15) is 19.7 Å². The quantitative estimate of drug-likeness (QED) is 0.456. The van der Waals surface area contributed by atoms with E-state index in [4.69, 9.17) is 4.74 Å². The summed E-state index contributed by atoms with van der Waals surface area (Å²) in [5.74, 6) is -0.273. The van der Waals surface area contributed by atoms with Crippen molar-refractivity contribution in [2.45, 2.75) is 52.4 Å². The lowest BCUT2D eigenvalue weighted by Crippen LogP contribution is -2.44. The number of methoxy groups -OCH3 is 1. The molecule has 7 nitrogen and oxygen atoms in total. The minimum atomic E-state index is -0.517. The Morgan fingerprint density at radius 2 is 1.82 bits per heavy atom. The average Bonchev–Trinajstić information content (AvgIpc) is 2.77. The van der Waals surface area contributed by atoms with Crippen LogP contribution in [0.1, 0.15) is 57.1 Å². The van der Waals surface area contributed by atoms with Crippen molar-refractivity contribution in [2.24, 2.45) is 5.41 Å². The standard InChI is InChI=1S/C26H28N2O5/c1-5-16-6-8-17(9-7-16)19-13-24(30)27(22-14-26(2,3)15-23(29)25(19)22)20-11-10-18(33-4)12-21(20)28(31)32/h6-12,19H,5,13-15H2,1-4H3. The predicted molar refractivity (Wildman–Crippen MR) is 125 cm³/mol. The van der Waals surface area contributed by atoms with Crippen LogP contribution in [0.4, 0.5) is 11.4 Å². The second-order valence-corrected chi connectivity index (χ2v) is 9.49. The molecule has 1 aliphatic heterocycles. The Kier molecular flexibility index (Phi) is 5.82. The number of allylic oxidation sites excluding steroid dienone is 2. The van der Waals surface area contributed by atoms with Crippen molar-refractivity contribution in [1.82, 2.24) is 0 Å². The van der Waals surface area contributed by atoms with Crippen LogP contribution in [-0.4, -0.2) is 23.7 Å². The Balaban J connectivity index is 1.91. The van der Waals surface area contributed by atoms with Gasteiger partial charge in [-0.1, -0.05) is 45.0 Å².